The highest BCUT2D eigenvalue weighted by atomic mass is 32.2. The summed E-state index contributed by atoms with van der Waals surface area (Å²) in [6.45, 7) is 0. The van der Waals surface area contributed by atoms with Gasteiger partial charge in [-0.1, -0.05) is 12.1 Å². The van der Waals surface area contributed by atoms with Crippen molar-refractivity contribution in [2.75, 3.05) is 19.4 Å². The van der Waals surface area contributed by atoms with Crippen molar-refractivity contribution in [3.8, 4) is 0 Å². The Hall–Kier alpha value is -2.31. The van der Waals surface area contributed by atoms with Crippen molar-refractivity contribution in [1.29, 1.82) is 0 Å². The minimum atomic E-state index is -0.281. The number of hydrogen-bond donors (Lipinski definition) is 2. The predicted molar refractivity (Wildman–Crippen MR) is 118 cm³/mol. The second-order valence-electron chi connectivity index (χ2n) is 7.86. The van der Waals surface area contributed by atoms with E-state index in [0.717, 1.165) is 17.8 Å². The van der Waals surface area contributed by atoms with Crippen LogP contribution in [0.25, 0.3) is 0 Å². The van der Waals surface area contributed by atoms with Crippen LogP contribution in [0.5, 0.6) is 0 Å². The van der Waals surface area contributed by atoms with E-state index in [1.54, 1.807) is 31.3 Å². The monoisotopic (exact) mass is 409 g/mol. The Morgan fingerprint density at radius 2 is 1.52 bits per heavy atom. The first kappa shape index (κ1) is 20.0. The van der Waals surface area contributed by atoms with Crippen LogP contribution in [-0.2, 0) is 0 Å². The molecule has 2 aliphatic rings. The van der Waals surface area contributed by atoms with Crippen LogP contribution in [0.4, 0.5) is 5.69 Å². The molecule has 2 amide bonds. The van der Waals surface area contributed by atoms with Gasteiger partial charge in [0.05, 0.1) is 11.1 Å². The van der Waals surface area contributed by atoms with Crippen LogP contribution >= 0.6 is 11.8 Å². The largest absolute Gasteiger partial charge is 0.355 e. The molecule has 152 valence electrons. The lowest BCUT2D eigenvalue weighted by Gasteiger charge is -2.36. The summed E-state index contributed by atoms with van der Waals surface area (Å²) in [6.07, 6.45) is 5.18. The Morgan fingerprint density at radius 1 is 0.931 bits per heavy atom. The van der Waals surface area contributed by atoms with E-state index in [1.807, 2.05) is 23.9 Å². The van der Waals surface area contributed by atoms with E-state index in [1.165, 1.54) is 30.6 Å². The van der Waals surface area contributed by atoms with Gasteiger partial charge in [0, 0.05) is 35.0 Å². The third-order valence-corrected chi connectivity index (χ3v) is 7.38. The van der Waals surface area contributed by atoms with E-state index < -0.39 is 0 Å². The second-order valence-corrected chi connectivity index (χ2v) is 9.24. The Balaban J connectivity index is 1.39. The summed E-state index contributed by atoms with van der Waals surface area (Å²) < 4.78 is 0. The normalized spacial score (nSPS) is 23.6. The average molecular weight is 410 g/mol. The lowest BCUT2D eigenvalue weighted by atomic mass is 10.0. The minimum Gasteiger partial charge on any atom is -0.355 e. The van der Waals surface area contributed by atoms with E-state index >= 15 is 0 Å². The molecule has 29 heavy (non-hydrogen) atoms. The van der Waals surface area contributed by atoms with Crippen molar-refractivity contribution in [2.24, 2.45) is 0 Å². The average Bonchev–Trinajstić information content (AvgIpc) is 2.95. The molecule has 2 N–H and O–H groups in total. The Labute approximate surface area is 176 Å². The zero-order valence-electron chi connectivity index (χ0n) is 16.9. The third-order valence-electron chi connectivity index (χ3n) is 6.11. The molecule has 2 bridgehead atoms. The number of nitrogens with zero attached hydrogens (tertiary/aromatic N) is 1. The molecule has 5 nitrogen and oxygen atoms in total. The number of amides is 2. The fourth-order valence-electron chi connectivity index (χ4n) is 4.48. The molecule has 2 aliphatic heterocycles. The number of thioether (sulfide) groups is 1. The molecule has 3 atom stereocenters. The van der Waals surface area contributed by atoms with Crippen molar-refractivity contribution in [2.45, 2.75) is 47.9 Å². The SMILES string of the molecule is CNC(=O)c1ccccc1C(=O)Nc1ccc(SC2C[C@H]3CC[C@@H](C2)N3C)cc1. The number of nitrogens with one attached hydrogen (secondary N) is 2. The van der Waals surface area contributed by atoms with Crippen LogP contribution < -0.4 is 10.6 Å². The van der Waals surface area contributed by atoms with E-state index in [4.69, 9.17) is 0 Å². The van der Waals surface area contributed by atoms with Crippen LogP contribution in [0.15, 0.2) is 53.4 Å². The van der Waals surface area contributed by atoms with Crippen molar-refractivity contribution < 1.29 is 9.59 Å². The molecule has 0 spiro atoms. The van der Waals surface area contributed by atoms with Crippen molar-refractivity contribution in [1.82, 2.24) is 10.2 Å². The molecule has 2 fully saturated rings. The highest BCUT2D eigenvalue weighted by Gasteiger charge is 2.38. The lowest BCUT2D eigenvalue weighted by Crippen LogP contribution is -2.40. The second kappa shape index (κ2) is 8.59. The fraction of sp³-hybridized carbons (Fsp3) is 0.391. The lowest BCUT2D eigenvalue weighted by molar-refractivity contribution is 0.0948. The number of hydrogen-bond acceptors (Lipinski definition) is 4. The molecule has 2 heterocycles. The Bertz CT molecular complexity index is 885. The van der Waals surface area contributed by atoms with Gasteiger partial charge in [0.15, 0.2) is 0 Å². The van der Waals surface area contributed by atoms with Gasteiger partial charge >= 0.3 is 0 Å². The summed E-state index contributed by atoms with van der Waals surface area (Å²) in [6, 6.07) is 16.3. The van der Waals surface area contributed by atoms with E-state index in [-0.39, 0.29) is 11.8 Å². The molecule has 0 radical (unpaired) electrons. The molecule has 0 saturated carbocycles. The zero-order chi connectivity index (χ0) is 20.4. The van der Waals surface area contributed by atoms with E-state index in [2.05, 4.69) is 34.7 Å². The fourth-order valence-corrected chi connectivity index (χ4v) is 5.79. The quantitative estimate of drug-likeness (QED) is 0.783. The van der Waals surface area contributed by atoms with Gasteiger partial charge < -0.3 is 15.5 Å². The maximum absolute atomic E-state index is 12.7. The van der Waals surface area contributed by atoms with Crippen molar-refractivity contribution in [3.63, 3.8) is 0 Å². The Kier molecular flexibility index (Phi) is 5.92. The molecule has 2 saturated heterocycles. The van der Waals surface area contributed by atoms with Crippen LogP contribution in [0.1, 0.15) is 46.4 Å². The maximum atomic E-state index is 12.7. The molecule has 2 aromatic carbocycles. The van der Waals surface area contributed by atoms with E-state index in [0.29, 0.717) is 16.4 Å². The molecule has 6 heteroatoms. The molecular formula is C23H27N3O2S. The molecule has 4 rings (SSSR count). The summed E-state index contributed by atoms with van der Waals surface area (Å²) >= 11 is 1.96. The smallest absolute Gasteiger partial charge is 0.256 e. The molecule has 0 aromatic heterocycles. The molecule has 2 aromatic rings. The van der Waals surface area contributed by atoms with Crippen LogP contribution in [-0.4, -0.2) is 48.1 Å². The van der Waals surface area contributed by atoms with Gasteiger partial charge in [-0.15, -0.1) is 11.8 Å². The van der Waals surface area contributed by atoms with Gasteiger partial charge in [-0.2, -0.15) is 0 Å². The topological polar surface area (TPSA) is 61.4 Å². The van der Waals surface area contributed by atoms with Crippen molar-refractivity contribution >= 4 is 29.3 Å². The van der Waals surface area contributed by atoms with Gasteiger partial charge in [0.25, 0.3) is 11.8 Å². The summed E-state index contributed by atoms with van der Waals surface area (Å²) in [5, 5.41) is 6.15. The number of carbonyl (C=O) groups is 2. The van der Waals surface area contributed by atoms with Crippen LogP contribution in [0.2, 0.25) is 0 Å². The third kappa shape index (κ3) is 4.33. The summed E-state index contributed by atoms with van der Waals surface area (Å²) in [5.74, 6) is -0.550. The standard InChI is InChI=1S/C23H27N3O2S/c1-24-22(27)20-5-3-4-6-21(20)23(28)25-15-7-11-18(12-8-15)29-19-13-16-9-10-17(14-19)26(16)2/h3-8,11-12,16-17,19H,9-10,13-14H2,1-2H3,(H,24,27)(H,25,28)/t16-,17+,19?. The predicted octanol–water partition coefficient (Wildman–Crippen LogP) is 4.02. The minimum absolute atomic E-state index is 0.269. The van der Waals surface area contributed by atoms with Crippen molar-refractivity contribution in [3.05, 3.63) is 59.7 Å². The van der Waals surface area contributed by atoms with Crippen LogP contribution in [0.3, 0.4) is 0 Å². The van der Waals surface area contributed by atoms with Gasteiger partial charge in [0.1, 0.15) is 0 Å². The number of rotatable bonds is 5. The number of benzene rings is 2. The Morgan fingerprint density at radius 3 is 2.10 bits per heavy atom. The summed E-state index contributed by atoms with van der Waals surface area (Å²) in [5.41, 5.74) is 1.47. The van der Waals surface area contributed by atoms with Gasteiger partial charge in [0.2, 0.25) is 0 Å². The first-order chi connectivity index (χ1) is 14.0. The number of fused-ring (bicyclic) bond motifs is 2. The summed E-state index contributed by atoms with van der Waals surface area (Å²) in [7, 11) is 3.83. The maximum Gasteiger partial charge on any atom is 0.256 e. The summed E-state index contributed by atoms with van der Waals surface area (Å²) in [4.78, 5) is 28.5. The first-order valence-corrected chi connectivity index (χ1v) is 11.0. The van der Waals surface area contributed by atoms with Crippen LogP contribution in [0, 0.1) is 0 Å². The highest BCUT2D eigenvalue weighted by molar-refractivity contribution is 8.00. The molecule has 1 unspecified atom stereocenters. The van der Waals surface area contributed by atoms with Gasteiger partial charge in [-0.25, -0.2) is 0 Å². The van der Waals surface area contributed by atoms with E-state index in [9.17, 15) is 9.59 Å². The highest BCUT2D eigenvalue weighted by Crippen LogP contribution is 2.41. The number of piperidine rings is 1. The number of anilines is 1. The zero-order valence-corrected chi connectivity index (χ0v) is 17.7. The molecule has 0 aliphatic carbocycles. The number of carbonyl (C=O) groups excluding carboxylic acids is 2. The molecular weight excluding hydrogens is 382 g/mol. The van der Waals surface area contributed by atoms with Gasteiger partial charge in [-0.3, -0.25) is 9.59 Å². The first-order valence-electron chi connectivity index (χ1n) is 10.2. The van der Waals surface area contributed by atoms with Gasteiger partial charge in [-0.05, 0) is 69.1 Å².